The number of ether oxygens (including phenoxy) is 2. The van der Waals surface area contributed by atoms with Crippen LogP contribution in [-0.4, -0.2) is 69.3 Å². The zero-order valence-corrected chi connectivity index (χ0v) is 19.2. The van der Waals surface area contributed by atoms with Crippen molar-refractivity contribution in [2.45, 2.75) is 37.8 Å². The van der Waals surface area contributed by atoms with E-state index in [4.69, 9.17) is 13.9 Å². The molecule has 2 aromatic rings. The number of amides is 2. The molecule has 1 aromatic carbocycles. The fraction of sp³-hybridized carbons (Fsp3) is 0.520. The lowest BCUT2D eigenvalue weighted by molar-refractivity contribution is -0.126. The highest BCUT2D eigenvalue weighted by Crippen LogP contribution is 2.28. The Morgan fingerprint density at radius 2 is 1.88 bits per heavy atom. The smallest absolute Gasteiger partial charge is 0.290 e. The average molecular weight is 456 g/mol. The molecule has 2 fully saturated rings. The number of carbonyl (C=O) groups is 2. The lowest BCUT2D eigenvalue weighted by atomic mass is 10.0. The zero-order valence-electron chi connectivity index (χ0n) is 19.2. The minimum atomic E-state index is -0.780. The Hall–Kier alpha value is -2.84. The Bertz CT molecular complexity index is 887. The molecule has 4 rings (SSSR count). The number of benzene rings is 1. The van der Waals surface area contributed by atoms with Crippen molar-refractivity contribution in [3.8, 4) is 0 Å². The number of carbonyl (C=O) groups excluding carboxylic acids is 2. The van der Waals surface area contributed by atoms with E-state index in [1.807, 2.05) is 24.3 Å². The number of anilines is 1. The Morgan fingerprint density at radius 1 is 1.15 bits per heavy atom. The molecular weight excluding hydrogens is 422 g/mol. The maximum absolute atomic E-state index is 13.6. The van der Waals surface area contributed by atoms with Crippen LogP contribution in [0.5, 0.6) is 0 Å². The number of nitrogens with zero attached hydrogens (tertiary/aromatic N) is 2. The second kappa shape index (κ2) is 11.3. The van der Waals surface area contributed by atoms with Crippen molar-refractivity contribution in [2.24, 2.45) is 0 Å². The van der Waals surface area contributed by atoms with Crippen LogP contribution >= 0.6 is 0 Å². The summed E-state index contributed by atoms with van der Waals surface area (Å²) < 4.78 is 16.1. The number of methoxy groups -OCH3 is 1. The lowest BCUT2D eigenvalue weighted by Crippen LogP contribution is -2.47. The molecule has 8 nitrogen and oxygen atoms in total. The van der Waals surface area contributed by atoms with Gasteiger partial charge in [0.05, 0.1) is 26.1 Å². The van der Waals surface area contributed by atoms with Crippen molar-refractivity contribution in [3.05, 3.63) is 54.0 Å². The van der Waals surface area contributed by atoms with Crippen molar-refractivity contribution >= 4 is 17.5 Å². The van der Waals surface area contributed by atoms with E-state index in [-0.39, 0.29) is 30.2 Å². The summed E-state index contributed by atoms with van der Waals surface area (Å²) in [7, 11) is 1.58. The van der Waals surface area contributed by atoms with Crippen LogP contribution < -0.4 is 10.2 Å². The Balaban J connectivity index is 1.63. The van der Waals surface area contributed by atoms with Gasteiger partial charge in [-0.15, -0.1) is 0 Å². The first-order chi connectivity index (χ1) is 16.2. The van der Waals surface area contributed by atoms with E-state index < -0.39 is 6.04 Å². The Labute approximate surface area is 194 Å². The van der Waals surface area contributed by atoms with Crippen molar-refractivity contribution in [3.63, 3.8) is 0 Å². The van der Waals surface area contributed by atoms with Gasteiger partial charge in [-0.1, -0.05) is 25.0 Å². The SMILES string of the molecule is COCCN(C(=O)c1ccco1)C(C(=O)NC1CCCC1)c1ccc(N2CCOCC2)cc1. The highest BCUT2D eigenvalue weighted by atomic mass is 16.5. The monoisotopic (exact) mass is 455 g/mol. The topological polar surface area (TPSA) is 84.2 Å². The molecule has 1 aliphatic heterocycles. The average Bonchev–Trinajstić information content (AvgIpc) is 3.57. The Kier molecular flexibility index (Phi) is 8.01. The number of rotatable bonds is 9. The fourth-order valence-electron chi connectivity index (χ4n) is 4.59. The van der Waals surface area contributed by atoms with Crippen molar-refractivity contribution < 1.29 is 23.5 Å². The highest BCUT2D eigenvalue weighted by molar-refractivity contribution is 5.96. The minimum Gasteiger partial charge on any atom is -0.459 e. The van der Waals surface area contributed by atoms with Crippen LogP contribution in [0.25, 0.3) is 0 Å². The maximum Gasteiger partial charge on any atom is 0.290 e. The van der Waals surface area contributed by atoms with Gasteiger partial charge in [-0.05, 0) is 42.7 Å². The quantitative estimate of drug-likeness (QED) is 0.626. The van der Waals surface area contributed by atoms with Gasteiger partial charge in [0.1, 0.15) is 6.04 Å². The van der Waals surface area contributed by atoms with Crippen LogP contribution in [0.3, 0.4) is 0 Å². The molecule has 2 amide bonds. The standard InChI is InChI=1S/C25H33N3O5/c1-31-16-14-28(25(30)22-7-4-15-33-22)23(24(29)26-20-5-2-3-6-20)19-8-10-21(11-9-19)27-12-17-32-18-13-27/h4,7-11,15,20,23H,2-3,5-6,12-14,16-18H2,1H3,(H,26,29). The van der Waals surface area contributed by atoms with Gasteiger partial charge in [-0.2, -0.15) is 0 Å². The van der Waals surface area contributed by atoms with Crippen molar-refractivity contribution in [2.75, 3.05) is 51.5 Å². The van der Waals surface area contributed by atoms with Crippen LogP contribution in [0, 0.1) is 0 Å². The van der Waals surface area contributed by atoms with Gasteiger partial charge in [0.15, 0.2) is 5.76 Å². The molecule has 2 aliphatic rings. The number of furan rings is 1. The number of hydrogen-bond donors (Lipinski definition) is 1. The largest absolute Gasteiger partial charge is 0.459 e. The molecule has 1 saturated heterocycles. The molecule has 8 heteroatoms. The van der Waals surface area contributed by atoms with Gasteiger partial charge >= 0.3 is 0 Å². The van der Waals surface area contributed by atoms with E-state index in [0.717, 1.165) is 50.0 Å². The van der Waals surface area contributed by atoms with Gasteiger partial charge in [-0.25, -0.2) is 0 Å². The molecule has 33 heavy (non-hydrogen) atoms. The highest BCUT2D eigenvalue weighted by Gasteiger charge is 2.34. The second-order valence-electron chi connectivity index (χ2n) is 8.55. The van der Waals surface area contributed by atoms with Crippen molar-refractivity contribution in [1.29, 1.82) is 0 Å². The van der Waals surface area contributed by atoms with Crippen LogP contribution in [0.4, 0.5) is 5.69 Å². The van der Waals surface area contributed by atoms with Crippen molar-refractivity contribution in [1.82, 2.24) is 10.2 Å². The number of hydrogen-bond acceptors (Lipinski definition) is 6. The first kappa shape index (κ1) is 23.3. The first-order valence-electron chi connectivity index (χ1n) is 11.7. The maximum atomic E-state index is 13.6. The molecular formula is C25H33N3O5. The zero-order chi connectivity index (χ0) is 23.0. The van der Waals surface area contributed by atoms with Crippen LogP contribution in [0.1, 0.15) is 47.8 Å². The minimum absolute atomic E-state index is 0.149. The molecule has 178 valence electrons. The van der Waals surface area contributed by atoms with Gasteiger partial charge in [0, 0.05) is 38.5 Å². The molecule has 0 bridgehead atoms. The summed E-state index contributed by atoms with van der Waals surface area (Å²) in [4.78, 5) is 30.7. The molecule has 1 atom stereocenters. The number of nitrogens with one attached hydrogen (secondary N) is 1. The van der Waals surface area contributed by atoms with E-state index in [9.17, 15) is 9.59 Å². The third-order valence-electron chi connectivity index (χ3n) is 6.38. The predicted octanol–water partition coefficient (Wildman–Crippen LogP) is 3.00. The molecule has 1 aliphatic carbocycles. The first-order valence-corrected chi connectivity index (χ1v) is 11.7. The summed E-state index contributed by atoms with van der Waals surface area (Å²) in [5, 5.41) is 3.18. The summed E-state index contributed by atoms with van der Waals surface area (Å²) in [6, 6.07) is 10.6. The van der Waals surface area contributed by atoms with Crippen LogP contribution in [0.15, 0.2) is 47.1 Å². The predicted molar refractivity (Wildman–Crippen MR) is 124 cm³/mol. The van der Waals surface area contributed by atoms with Gasteiger partial charge in [0.25, 0.3) is 5.91 Å². The lowest BCUT2D eigenvalue weighted by Gasteiger charge is -2.32. The molecule has 2 heterocycles. The molecule has 1 unspecified atom stereocenters. The fourth-order valence-corrected chi connectivity index (χ4v) is 4.59. The van der Waals surface area contributed by atoms with Crippen LogP contribution in [0.2, 0.25) is 0 Å². The Morgan fingerprint density at radius 3 is 2.52 bits per heavy atom. The second-order valence-corrected chi connectivity index (χ2v) is 8.55. The summed E-state index contributed by atoms with van der Waals surface area (Å²) >= 11 is 0. The molecule has 1 saturated carbocycles. The van der Waals surface area contributed by atoms with Gasteiger partial charge < -0.3 is 29.0 Å². The summed E-state index contributed by atoms with van der Waals surface area (Å²) in [5.74, 6) is -0.299. The number of morpholine rings is 1. The van der Waals surface area contributed by atoms with E-state index >= 15 is 0 Å². The third-order valence-corrected chi connectivity index (χ3v) is 6.38. The van der Waals surface area contributed by atoms with Gasteiger partial charge in [0.2, 0.25) is 5.91 Å². The summed E-state index contributed by atoms with van der Waals surface area (Å²) in [5.41, 5.74) is 1.84. The van der Waals surface area contributed by atoms with E-state index in [1.165, 1.54) is 6.26 Å². The molecule has 0 spiro atoms. The normalized spacial score (nSPS) is 17.7. The van der Waals surface area contributed by atoms with E-state index in [2.05, 4.69) is 10.2 Å². The summed E-state index contributed by atoms with van der Waals surface area (Å²) in [6.45, 7) is 3.66. The molecule has 1 N–H and O–H groups in total. The van der Waals surface area contributed by atoms with E-state index in [0.29, 0.717) is 19.8 Å². The molecule has 0 radical (unpaired) electrons. The summed E-state index contributed by atoms with van der Waals surface area (Å²) in [6.07, 6.45) is 5.63. The third kappa shape index (κ3) is 5.75. The van der Waals surface area contributed by atoms with Gasteiger partial charge in [-0.3, -0.25) is 9.59 Å². The molecule has 1 aromatic heterocycles. The van der Waals surface area contributed by atoms with E-state index in [1.54, 1.807) is 24.1 Å². The van der Waals surface area contributed by atoms with Crippen LogP contribution in [-0.2, 0) is 14.3 Å².